The van der Waals surface area contributed by atoms with Crippen molar-refractivity contribution in [2.24, 2.45) is 11.8 Å². The first kappa shape index (κ1) is 13.3. The summed E-state index contributed by atoms with van der Waals surface area (Å²) < 4.78 is 0. The molecule has 1 aliphatic rings. The van der Waals surface area contributed by atoms with E-state index < -0.39 is 16.8 Å². The third-order valence-electron chi connectivity index (χ3n) is 3.52. The number of carboxylic acids is 1. The van der Waals surface area contributed by atoms with Gasteiger partial charge in [0, 0.05) is 24.8 Å². The van der Waals surface area contributed by atoms with Crippen molar-refractivity contribution >= 4 is 17.5 Å². The molecule has 7 nitrogen and oxygen atoms in total. The van der Waals surface area contributed by atoms with Gasteiger partial charge >= 0.3 is 11.7 Å². The van der Waals surface area contributed by atoms with Crippen molar-refractivity contribution in [2.45, 2.75) is 13.8 Å². The van der Waals surface area contributed by atoms with Gasteiger partial charge in [0.1, 0.15) is 0 Å². The Morgan fingerprint density at radius 1 is 1.58 bits per heavy atom. The Labute approximate surface area is 110 Å². The molecule has 0 bridgehead atoms. The number of aryl methyl sites for hydroxylation is 1. The molecule has 7 heteroatoms. The molecule has 2 atom stereocenters. The van der Waals surface area contributed by atoms with Gasteiger partial charge in [0.15, 0.2) is 0 Å². The second kappa shape index (κ2) is 4.83. The molecule has 1 aliphatic heterocycles. The number of carbonyl (C=O) groups is 1. The van der Waals surface area contributed by atoms with E-state index in [0.29, 0.717) is 12.1 Å². The zero-order valence-electron chi connectivity index (χ0n) is 10.7. The molecule has 0 spiro atoms. The number of hydrogen-bond donors (Lipinski definition) is 1. The zero-order chi connectivity index (χ0) is 14.2. The predicted molar refractivity (Wildman–Crippen MR) is 68.1 cm³/mol. The van der Waals surface area contributed by atoms with Crippen LogP contribution in [0.15, 0.2) is 12.3 Å². The van der Waals surface area contributed by atoms with Crippen LogP contribution in [0, 0.1) is 28.9 Å². The van der Waals surface area contributed by atoms with E-state index in [9.17, 15) is 14.9 Å². The summed E-state index contributed by atoms with van der Waals surface area (Å²) in [5.74, 6) is -1.17. The number of nitrogens with zero attached hydrogens (tertiary/aromatic N) is 3. The first-order valence-electron chi connectivity index (χ1n) is 5.99. The Hall–Kier alpha value is -2.18. The summed E-state index contributed by atoms with van der Waals surface area (Å²) in [6.07, 6.45) is 1.51. The van der Waals surface area contributed by atoms with E-state index in [-0.39, 0.29) is 24.0 Å². The number of rotatable bonds is 3. The van der Waals surface area contributed by atoms with Gasteiger partial charge in [0.2, 0.25) is 5.82 Å². The Bertz CT molecular complexity index is 532. The summed E-state index contributed by atoms with van der Waals surface area (Å²) in [7, 11) is 0. The second-order valence-electron chi connectivity index (χ2n) is 4.88. The van der Waals surface area contributed by atoms with Crippen molar-refractivity contribution in [3.05, 3.63) is 27.9 Å². The van der Waals surface area contributed by atoms with Crippen LogP contribution in [-0.4, -0.2) is 34.1 Å². The molecule has 1 fully saturated rings. The minimum Gasteiger partial charge on any atom is -0.481 e. The van der Waals surface area contributed by atoms with Crippen LogP contribution < -0.4 is 4.90 Å². The summed E-state index contributed by atoms with van der Waals surface area (Å²) in [4.78, 5) is 27.5. The van der Waals surface area contributed by atoms with Crippen molar-refractivity contribution < 1.29 is 14.8 Å². The highest BCUT2D eigenvalue weighted by atomic mass is 16.6. The van der Waals surface area contributed by atoms with Crippen molar-refractivity contribution in [3.8, 4) is 0 Å². The van der Waals surface area contributed by atoms with Gasteiger partial charge in [-0.05, 0) is 18.9 Å². The number of pyridine rings is 1. The summed E-state index contributed by atoms with van der Waals surface area (Å²) in [6, 6.07) is 1.58. The van der Waals surface area contributed by atoms with Gasteiger partial charge in [-0.25, -0.2) is 4.98 Å². The number of hydrogen-bond acceptors (Lipinski definition) is 5. The molecule has 0 aliphatic carbocycles. The largest absolute Gasteiger partial charge is 0.481 e. The third-order valence-corrected chi connectivity index (χ3v) is 3.52. The average Bonchev–Trinajstić information content (AvgIpc) is 2.70. The topological polar surface area (TPSA) is 96.6 Å². The lowest BCUT2D eigenvalue weighted by Crippen LogP contribution is -2.24. The average molecular weight is 265 g/mol. The fraction of sp³-hybridized carbons (Fsp3) is 0.500. The number of aromatic nitrogens is 1. The molecule has 1 saturated heterocycles. The maximum atomic E-state index is 11.1. The molecule has 0 saturated carbocycles. The minimum atomic E-state index is -0.870. The number of nitro groups is 1. The lowest BCUT2D eigenvalue weighted by Gasteiger charge is -2.17. The van der Waals surface area contributed by atoms with E-state index in [0.717, 1.165) is 0 Å². The van der Waals surface area contributed by atoms with Crippen molar-refractivity contribution in [1.29, 1.82) is 0 Å². The van der Waals surface area contributed by atoms with E-state index in [1.165, 1.54) is 6.20 Å². The van der Waals surface area contributed by atoms with Gasteiger partial charge in [-0.2, -0.15) is 0 Å². The molecule has 0 amide bonds. The number of aliphatic carboxylic acids is 1. The van der Waals surface area contributed by atoms with Gasteiger partial charge in [-0.3, -0.25) is 14.9 Å². The van der Waals surface area contributed by atoms with Crippen LogP contribution in [0.3, 0.4) is 0 Å². The van der Waals surface area contributed by atoms with E-state index >= 15 is 0 Å². The van der Waals surface area contributed by atoms with Gasteiger partial charge < -0.3 is 10.0 Å². The maximum absolute atomic E-state index is 11.1. The molecule has 0 aromatic carbocycles. The molecule has 0 radical (unpaired) electrons. The Balaban J connectivity index is 2.37. The lowest BCUT2D eigenvalue weighted by atomic mass is 9.99. The number of carboxylic acid groups (broad SMARTS) is 1. The summed E-state index contributed by atoms with van der Waals surface area (Å²) >= 11 is 0. The molecule has 102 valence electrons. The molecule has 1 aromatic heterocycles. The first-order chi connectivity index (χ1) is 8.91. The molecule has 2 heterocycles. The molecular formula is C12H15N3O4. The normalized spacial score (nSPS) is 22.5. The Morgan fingerprint density at radius 3 is 2.79 bits per heavy atom. The highest BCUT2D eigenvalue weighted by Crippen LogP contribution is 2.34. The highest BCUT2D eigenvalue weighted by molar-refractivity contribution is 5.73. The standard InChI is InChI=1S/C12H15N3O4/c1-7-3-4-13-11(10(7)15(18)19)14-5-8(2)9(6-14)12(16)17/h3-4,8-9H,5-6H2,1-2H3,(H,16,17)/t8-,9-/m1/s1. The second-order valence-corrected chi connectivity index (χ2v) is 4.88. The highest BCUT2D eigenvalue weighted by Gasteiger charge is 2.38. The third kappa shape index (κ3) is 2.35. The van der Waals surface area contributed by atoms with Crippen LogP contribution in [0.2, 0.25) is 0 Å². The van der Waals surface area contributed by atoms with Crippen molar-refractivity contribution in [1.82, 2.24) is 4.98 Å². The minimum absolute atomic E-state index is 0.0410. The maximum Gasteiger partial charge on any atom is 0.314 e. The van der Waals surface area contributed by atoms with Crippen LogP contribution in [0.25, 0.3) is 0 Å². The monoisotopic (exact) mass is 265 g/mol. The van der Waals surface area contributed by atoms with Crippen LogP contribution >= 0.6 is 0 Å². The number of anilines is 1. The quantitative estimate of drug-likeness (QED) is 0.656. The Morgan fingerprint density at radius 2 is 2.26 bits per heavy atom. The van der Waals surface area contributed by atoms with Gasteiger partial charge in [0.25, 0.3) is 0 Å². The van der Waals surface area contributed by atoms with E-state index in [1.54, 1.807) is 17.9 Å². The zero-order valence-corrected chi connectivity index (χ0v) is 10.7. The summed E-state index contributed by atoms with van der Waals surface area (Å²) in [5, 5.41) is 20.2. The van der Waals surface area contributed by atoms with Crippen LogP contribution in [-0.2, 0) is 4.79 Å². The van der Waals surface area contributed by atoms with Crippen molar-refractivity contribution in [3.63, 3.8) is 0 Å². The van der Waals surface area contributed by atoms with E-state index in [1.807, 2.05) is 6.92 Å². The van der Waals surface area contributed by atoms with Gasteiger partial charge in [0.05, 0.1) is 10.8 Å². The van der Waals surface area contributed by atoms with Gasteiger partial charge in [-0.15, -0.1) is 0 Å². The SMILES string of the molecule is Cc1ccnc(N2C[C@@H](C)[C@H](C(=O)O)C2)c1[N+](=O)[O-]. The Kier molecular flexibility index (Phi) is 3.37. The van der Waals surface area contributed by atoms with Gasteiger partial charge in [-0.1, -0.05) is 6.92 Å². The molecule has 1 aromatic rings. The van der Waals surface area contributed by atoms with Crippen LogP contribution in [0.1, 0.15) is 12.5 Å². The smallest absolute Gasteiger partial charge is 0.314 e. The lowest BCUT2D eigenvalue weighted by molar-refractivity contribution is -0.384. The predicted octanol–water partition coefficient (Wildman–Crippen LogP) is 1.46. The molecular weight excluding hydrogens is 250 g/mol. The summed E-state index contributed by atoms with van der Waals surface area (Å²) in [5.41, 5.74) is 0.488. The van der Waals surface area contributed by atoms with E-state index in [4.69, 9.17) is 5.11 Å². The molecule has 1 N–H and O–H groups in total. The van der Waals surface area contributed by atoms with Crippen LogP contribution in [0.5, 0.6) is 0 Å². The van der Waals surface area contributed by atoms with Crippen molar-refractivity contribution in [2.75, 3.05) is 18.0 Å². The fourth-order valence-electron chi connectivity index (χ4n) is 2.45. The molecule has 0 unspecified atom stereocenters. The van der Waals surface area contributed by atoms with Crippen LogP contribution in [0.4, 0.5) is 11.5 Å². The summed E-state index contributed by atoms with van der Waals surface area (Å²) in [6.45, 7) is 4.21. The fourth-order valence-corrected chi connectivity index (χ4v) is 2.45. The first-order valence-corrected chi connectivity index (χ1v) is 5.99. The molecule has 2 rings (SSSR count). The molecule has 19 heavy (non-hydrogen) atoms. The van der Waals surface area contributed by atoms with E-state index in [2.05, 4.69) is 4.98 Å².